The van der Waals surface area contributed by atoms with E-state index >= 15 is 0 Å². The van der Waals surface area contributed by atoms with E-state index in [0.717, 1.165) is 29.3 Å². The minimum absolute atomic E-state index is 0.200. The smallest absolute Gasteiger partial charge is 0.162 e. The van der Waals surface area contributed by atoms with Crippen molar-refractivity contribution in [2.45, 2.75) is 25.8 Å². The van der Waals surface area contributed by atoms with E-state index in [1.54, 1.807) is 14.2 Å². The topological polar surface area (TPSA) is 56.3 Å². The maximum Gasteiger partial charge on any atom is 0.162 e. The monoisotopic (exact) mass is 335 g/mol. The molecule has 0 aliphatic carbocycles. The van der Waals surface area contributed by atoms with Crippen LogP contribution in [0.4, 0.5) is 5.69 Å². The van der Waals surface area contributed by atoms with Gasteiger partial charge in [-0.2, -0.15) is 10.2 Å². The number of rotatable bonds is 3. The van der Waals surface area contributed by atoms with Crippen LogP contribution in [0.1, 0.15) is 29.2 Å². The first-order valence-electron chi connectivity index (χ1n) is 8.43. The highest BCUT2D eigenvalue weighted by atomic mass is 16.5. The quantitative estimate of drug-likeness (QED) is 0.782. The number of anilines is 1. The lowest BCUT2D eigenvalue weighted by molar-refractivity contribution is 0.355. The number of aromatic nitrogens is 2. The Kier molecular flexibility index (Phi) is 3.92. The summed E-state index contributed by atoms with van der Waals surface area (Å²) in [4.78, 5) is 0. The van der Waals surface area contributed by atoms with Crippen LogP contribution in [0, 0.1) is 6.92 Å². The van der Waals surface area contributed by atoms with Crippen LogP contribution in [-0.2, 0) is 6.42 Å². The van der Waals surface area contributed by atoms with Crippen LogP contribution in [0.5, 0.6) is 11.5 Å². The van der Waals surface area contributed by atoms with Crippen LogP contribution >= 0.6 is 0 Å². The SMILES string of the molecule is COc1cc2nncc(C3CCc4cc(C)ccc4N3)c2cc1OC. The molecule has 25 heavy (non-hydrogen) atoms. The molecule has 2 aromatic carbocycles. The van der Waals surface area contributed by atoms with Gasteiger partial charge >= 0.3 is 0 Å². The molecule has 1 aliphatic heterocycles. The molecule has 0 spiro atoms. The van der Waals surface area contributed by atoms with Gasteiger partial charge in [0.25, 0.3) is 0 Å². The summed E-state index contributed by atoms with van der Waals surface area (Å²) in [6.45, 7) is 2.13. The molecular formula is C20H21N3O2. The van der Waals surface area contributed by atoms with E-state index in [9.17, 15) is 0 Å². The van der Waals surface area contributed by atoms with Gasteiger partial charge in [-0.3, -0.25) is 0 Å². The van der Waals surface area contributed by atoms with Crippen LogP contribution in [0.15, 0.2) is 36.5 Å². The Balaban J connectivity index is 1.78. The molecule has 4 rings (SSSR count). The predicted octanol–water partition coefficient (Wildman–Crippen LogP) is 4.05. The lowest BCUT2D eigenvalue weighted by Gasteiger charge is -2.28. The Morgan fingerprint density at radius 1 is 1.08 bits per heavy atom. The van der Waals surface area contributed by atoms with Gasteiger partial charge in [0.1, 0.15) is 0 Å². The van der Waals surface area contributed by atoms with Gasteiger partial charge in [0.2, 0.25) is 0 Å². The molecule has 5 heteroatoms. The predicted molar refractivity (Wildman–Crippen MR) is 98.5 cm³/mol. The molecular weight excluding hydrogens is 314 g/mol. The summed E-state index contributed by atoms with van der Waals surface area (Å²) in [5.41, 5.74) is 5.82. The van der Waals surface area contributed by atoms with Crippen molar-refractivity contribution in [3.8, 4) is 11.5 Å². The fraction of sp³-hybridized carbons (Fsp3) is 0.300. The lowest BCUT2D eigenvalue weighted by Crippen LogP contribution is -2.18. The van der Waals surface area contributed by atoms with Gasteiger partial charge in [0, 0.05) is 22.7 Å². The Morgan fingerprint density at radius 2 is 1.88 bits per heavy atom. The molecule has 0 fully saturated rings. The number of aryl methyl sites for hydroxylation is 2. The minimum atomic E-state index is 0.200. The fourth-order valence-electron chi connectivity index (χ4n) is 3.55. The average molecular weight is 335 g/mol. The molecule has 0 amide bonds. The Labute approximate surface area is 147 Å². The zero-order valence-electron chi connectivity index (χ0n) is 14.7. The molecule has 1 unspecified atom stereocenters. The normalized spacial score (nSPS) is 16.2. The van der Waals surface area contributed by atoms with Crippen molar-refractivity contribution >= 4 is 16.6 Å². The summed E-state index contributed by atoms with van der Waals surface area (Å²) >= 11 is 0. The maximum atomic E-state index is 5.46. The second-order valence-electron chi connectivity index (χ2n) is 6.42. The highest BCUT2D eigenvalue weighted by Crippen LogP contribution is 2.38. The van der Waals surface area contributed by atoms with Gasteiger partial charge in [-0.1, -0.05) is 17.7 Å². The largest absolute Gasteiger partial charge is 0.493 e. The maximum absolute atomic E-state index is 5.46. The van der Waals surface area contributed by atoms with Gasteiger partial charge < -0.3 is 14.8 Å². The third-order valence-electron chi connectivity index (χ3n) is 4.84. The summed E-state index contributed by atoms with van der Waals surface area (Å²) in [7, 11) is 3.28. The van der Waals surface area contributed by atoms with Crippen LogP contribution < -0.4 is 14.8 Å². The van der Waals surface area contributed by atoms with Gasteiger partial charge in [-0.05, 0) is 37.5 Å². The van der Waals surface area contributed by atoms with Gasteiger partial charge in [0.05, 0.1) is 32.0 Å². The van der Waals surface area contributed by atoms with Crippen LogP contribution in [-0.4, -0.2) is 24.4 Å². The second-order valence-corrected chi connectivity index (χ2v) is 6.42. The number of ether oxygens (including phenoxy) is 2. The van der Waals surface area contributed by atoms with Crippen LogP contribution in [0.3, 0.4) is 0 Å². The van der Waals surface area contributed by atoms with Crippen molar-refractivity contribution in [2.75, 3.05) is 19.5 Å². The first kappa shape index (κ1) is 15.7. The van der Waals surface area contributed by atoms with Crippen LogP contribution in [0.25, 0.3) is 10.9 Å². The number of nitrogens with zero attached hydrogens (tertiary/aromatic N) is 2. The van der Waals surface area contributed by atoms with E-state index < -0.39 is 0 Å². The molecule has 3 aromatic rings. The summed E-state index contributed by atoms with van der Waals surface area (Å²) < 4.78 is 10.8. The molecule has 1 aliphatic rings. The van der Waals surface area contributed by atoms with E-state index in [0.29, 0.717) is 11.5 Å². The summed E-state index contributed by atoms with van der Waals surface area (Å²) in [6.07, 6.45) is 3.92. The fourth-order valence-corrected chi connectivity index (χ4v) is 3.55. The van der Waals surface area contributed by atoms with Crippen molar-refractivity contribution in [1.82, 2.24) is 10.2 Å². The van der Waals surface area contributed by atoms with Crippen molar-refractivity contribution in [1.29, 1.82) is 0 Å². The number of methoxy groups -OCH3 is 2. The van der Waals surface area contributed by atoms with Gasteiger partial charge in [-0.15, -0.1) is 0 Å². The molecule has 128 valence electrons. The third-order valence-corrected chi connectivity index (χ3v) is 4.84. The van der Waals surface area contributed by atoms with E-state index in [-0.39, 0.29) is 6.04 Å². The Bertz CT molecular complexity index is 940. The van der Waals surface area contributed by atoms with Gasteiger partial charge in [-0.25, -0.2) is 0 Å². The van der Waals surface area contributed by atoms with E-state index in [2.05, 4.69) is 40.6 Å². The summed E-state index contributed by atoms with van der Waals surface area (Å²) in [5, 5.41) is 13.2. The molecule has 2 heterocycles. The highest BCUT2D eigenvalue weighted by Gasteiger charge is 2.22. The molecule has 1 aromatic heterocycles. The molecule has 1 N–H and O–H groups in total. The third kappa shape index (κ3) is 2.76. The Hall–Kier alpha value is -2.82. The number of benzene rings is 2. The standard InChI is InChI=1S/C20H21N3O2/c1-12-4-6-16-13(8-12)5-7-17(22-16)15-11-21-23-18-10-20(25-3)19(24-2)9-14(15)18/h4,6,8-11,17,22H,5,7H2,1-3H3. The number of hydrogen-bond donors (Lipinski definition) is 1. The molecule has 1 atom stereocenters. The highest BCUT2D eigenvalue weighted by molar-refractivity contribution is 5.86. The summed E-state index contributed by atoms with van der Waals surface area (Å²) in [6, 6.07) is 10.6. The first-order valence-corrected chi connectivity index (χ1v) is 8.43. The molecule has 0 saturated heterocycles. The second kappa shape index (κ2) is 6.24. The molecule has 5 nitrogen and oxygen atoms in total. The average Bonchev–Trinajstić information content (AvgIpc) is 2.65. The summed E-state index contributed by atoms with van der Waals surface area (Å²) in [5.74, 6) is 1.37. The molecule has 0 radical (unpaired) electrons. The number of nitrogens with one attached hydrogen (secondary N) is 1. The Morgan fingerprint density at radius 3 is 2.68 bits per heavy atom. The van der Waals surface area contributed by atoms with E-state index in [1.165, 1.54) is 16.8 Å². The van der Waals surface area contributed by atoms with Gasteiger partial charge in [0.15, 0.2) is 11.5 Å². The van der Waals surface area contributed by atoms with Crippen molar-refractivity contribution in [2.24, 2.45) is 0 Å². The zero-order chi connectivity index (χ0) is 17.4. The van der Waals surface area contributed by atoms with Crippen molar-refractivity contribution in [3.05, 3.63) is 53.2 Å². The lowest BCUT2D eigenvalue weighted by atomic mass is 9.91. The molecule has 0 bridgehead atoms. The van der Waals surface area contributed by atoms with Crippen molar-refractivity contribution in [3.63, 3.8) is 0 Å². The van der Waals surface area contributed by atoms with E-state index in [4.69, 9.17) is 9.47 Å². The zero-order valence-corrected chi connectivity index (χ0v) is 14.7. The van der Waals surface area contributed by atoms with Crippen LogP contribution in [0.2, 0.25) is 0 Å². The minimum Gasteiger partial charge on any atom is -0.493 e. The first-order chi connectivity index (χ1) is 12.2. The number of fused-ring (bicyclic) bond motifs is 2. The number of hydrogen-bond acceptors (Lipinski definition) is 5. The van der Waals surface area contributed by atoms with Crippen molar-refractivity contribution < 1.29 is 9.47 Å². The van der Waals surface area contributed by atoms with E-state index in [1.807, 2.05) is 18.3 Å². The molecule has 0 saturated carbocycles.